The number of pyridine rings is 1. The first-order valence-electron chi connectivity index (χ1n) is 10.1. The summed E-state index contributed by atoms with van der Waals surface area (Å²) >= 11 is 1.46. The predicted molar refractivity (Wildman–Crippen MR) is 134 cm³/mol. The van der Waals surface area contributed by atoms with E-state index in [1.54, 1.807) is 12.6 Å². The van der Waals surface area contributed by atoms with Crippen LogP contribution in [0.4, 0.5) is 10.8 Å². The summed E-state index contributed by atoms with van der Waals surface area (Å²) in [6, 6.07) is 20.3. The van der Waals surface area contributed by atoms with Crippen molar-refractivity contribution in [3.63, 3.8) is 0 Å². The zero-order valence-corrected chi connectivity index (χ0v) is 19.4. The summed E-state index contributed by atoms with van der Waals surface area (Å²) in [5.74, 6) is -0.00153. The van der Waals surface area contributed by atoms with Crippen molar-refractivity contribution in [3.8, 4) is 22.4 Å². The molecule has 5 aromatic rings. The van der Waals surface area contributed by atoms with Crippen molar-refractivity contribution in [2.45, 2.75) is 6.42 Å². The highest BCUT2D eigenvalue weighted by Gasteiger charge is 2.10. The smallest absolute Gasteiger partial charge is 0.224 e. The van der Waals surface area contributed by atoms with Gasteiger partial charge in [0.15, 0.2) is 0 Å². The lowest BCUT2D eigenvalue weighted by molar-refractivity contribution is -0.119. The Hall–Kier alpha value is -3.75. The molecule has 166 valence electrons. The minimum atomic E-state index is -0.00153. The van der Waals surface area contributed by atoms with Crippen molar-refractivity contribution in [2.24, 2.45) is 0 Å². The first-order valence-corrected chi connectivity index (χ1v) is 11.0. The predicted octanol–water partition coefficient (Wildman–Crippen LogP) is 4.97. The molecule has 0 aliphatic heterocycles. The molecular formula is C24H21ClN6OS. The average Bonchev–Trinajstić information content (AvgIpc) is 3.49. The summed E-state index contributed by atoms with van der Waals surface area (Å²) in [5.41, 5.74) is 8.64. The second kappa shape index (κ2) is 9.81. The molecule has 0 spiro atoms. The van der Waals surface area contributed by atoms with Crippen LogP contribution in [0.25, 0.3) is 28.0 Å². The fourth-order valence-electron chi connectivity index (χ4n) is 3.62. The third-order valence-electron chi connectivity index (χ3n) is 5.19. The molecule has 0 saturated carbocycles. The second-order valence-electron chi connectivity index (χ2n) is 7.29. The Morgan fingerprint density at radius 3 is 2.67 bits per heavy atom. The second-order valence-corrected chi connectivity index (χ2v) is 8.12. The Balaban J connectivity index is 0.00000259. The van der Waals surface area contributed by atoms with Gasteiger partial charge >= 0.3 is 0 Å². The largest absolute Gasteiger partial charge is 0.359 e. The van der Waals surface area contributed by atoms with Crippen LogP contribution >= 0.6 is 23.7 Å². The first-order chi connectivity index (χ1) is 15.7. The highest BCUT2D eigenvalue weighted by atomic mass is 35.5. The molecular weight excluding hydrogens is 456 g/mol. The molecule has 0 aliphatic rings. The van der Waals surface area contributed by atoms with Gasteiger partial charge < -0.3 is 10.6 Å². The van der Waals surface area contributed by atoms with Crippen LogP contribution in [0, 0.1) is 0 Å². The lowest BCUT2D eigenvalue weighted by Crippen LogP contribution is -2.19. The van der Waals surface area contributed by atoms with Crippen LogP contribution < -0.4 is 10.6 Å². The summed E-state index contributed by atoms with van der Waals surface area (Å²) in [4.78, 5) is 16.3. The topological polar surface area (TPSA) is 84.2 Å². The first kappa shape index (κ1) is 22.4. The number of carbonyl (C=O) groups excluding carboxylic acids is 1. The van der Waals surface area contributed by atoms with Gasteiger partial charge in [-0.1, -0.05) is 47.7 Å². The van der Waals surface area contributed by atoms with Crippen LogP contribution in [0.15, 0.2) is 78.6 Å². The molecule has 0 atom stereocenters. The van der Waals surface area contributed by atoms with E-state index < -0.39 is 0 Å². The number of halogens is 1. The lowest BCUT2D eigenvalue weighted by atomic mass is 10.0. The van der Waals surface area contributed by atoms with Crippen LogP contribution in [0.3, 0.4) is 0 Å². The maximum Gasteiger partial charge on any atom is 0.224 e. The van der Waals surface area contributed by atoms with E-state index >= 15 is 0 Å². The average molecular weight is 477 g/mol. The molecule has 9 heteroatoms. The van der Waals surface area contributed by atoms with Crippen LogP contribution in [-0.2, 0) is 11.2 Å². The molecule has 0 saturated heterocycles. The highest BCUT2D eigenvalue weighted by molar-refractivity contribution is 7.13. The lowest BCUT2D eigenvalue weighted by Gasteiger charge is -2.08. The number of rotatable bonds is 6. The number of fused-ring (bicyclic) bond motifs is 1. The molecule has 0 radical (unpaired) electrons. The number of hydrogen-bond acceptors (Lipinski definition) is 6. The van der Waals surface area contributed by atoms with Gasteiger partial charge in [0.1, 0.15) is 11.2 Å². The molecule has 7 nitrogen and oxygen atoms in total. The van der Waals surface area contributed by atoms with Gasteiger partial charge in [0, 0.05) is 24.5 Å². The number of aromatic nitrogens is 4. The Morgan fingerprint density at radius 2 is 1.85 bits per heavy atom. The van der Waals surface area contributed by atoms with Crippen LogP contribution in [0.1, 0.15) is 5.56 Å². The Bertz CT molecular complexity index is 1400. The van der Waals surface area contributed by atoms with Gasteiger partial charge in [-0.2, -0.15) is 0 Å². The number of amides is 1. The number of anilines is 2. The summed E-state index contributed by atoms with van der Waals surface area (Å²) in [6.07, 6.45) is 4.27. The Morgan fingerprint density at radius 1 is 1.03 bits per heavy atom. The molecule has 0 fully saturated rings. The fraction of sp³-hybridized carbons (Fsp3) is 0.0833. The van der Waals surface area contributed by atoms with Gasteiger partial charge in [0.25, 0.3) is 0 Å². The summed E-state index contributed by atoms with van der Waals surface area (Å²) in [5, 5.41) is 14.6. The number of benzene rings is 2. The van der Waals surface area contributed by atoms with Crippen LogP contribution in [0.2, 0.25) is 0 Å². The fourth-order valence-corrected chi connectivity index (χ4v) is 4.08. The minimum absolute atomic E-state index is 0. The molecule has 2 aromatic carbocycles. The standard InChI is InChI=1S/C24H20N6OS.ClH/c1-25-23(31)11-16-4-2-5-17(10-16)18-8-9-30-21(14-26-22(30)13-18)19-6-3-7-20(12-19)28-24-29-27-15-32-24;/h2-10,12-15H,11H2,1H3,(H,25,31)(H,28,29);1H. The number of nitrogens with zero attached hydrogens (tertiary/aromatic N) is 4. The van der Waals surface area contributed by atoms with Gasteiger partial charge in [-0.3, -0.25) is 9.20 Å². The zero-order valence-electron chi connectivity index (χ0n) is 17.7. The van der Waals surface area contributed by atoms with E-state index in [0.717, 1.165) is 44.4 Å². The molecule has 0 bridgehead atoms. The minimum Gasteiger partial charge on any atom is -0.359 e. The Labute approximate surface area is 200 Å². The maximum atomic E-state index is 11.7. The van der Waals surface area contributed by atoms with E-state index in [0.29, 0.717) is 6.42 Å². The molecule has 0 aliphatic carbocycles. The van der Waals surface area contributed by atoms with E-state index in [1.165, 1.54) is 11.3 Å². The highest BCUT2D eigenvalue weighted by Crippen LogP contribution is 2.28. The molecule has 3 aromatic heterocycles. The third-order valence-corrected chi connectivity index (χ3v) is 5.79. The molecule has 33 heavy (non-hydrogen) atoms. The number of likely N-dealkylation sites (N-methyl/N-ethyl adjacent to an activating group) is 1. The normalized spacial score (nSPS) is 10.6. The van der Waals surface area contributed by atoms with Crippen LogP contribution in [0.5, 0.6) is 0 Å². The Kier molecular flexibility index (Phi) is 6.67. The molecule has 5 rings (SSSR count). The molecule has 1 amide bonds. The monoisotopic (exact) mass is 476 g/mol. The zero-order chi connectivity index (χ0) is 21.9. The van der Waals surface area contributed by atoms with Gasteiger partial charge in [0.2, 0.25) is 11.0 Å². The van der Waals surface area contributed by atoms with Gasteiger partial charge in [-0.05, 0) is 41.0 Å². The van der Waals surface area contributed by atoms with Crippen molar-refractivity contribution >= 4 is 46.1 Å². The van der Waals surface area contributed by atoms with E-state index in [-0.39, 0.29) is 18.3 Å². The van der Waals surface area contributed by atoms with E-state index in [4.69, 9.17) is 0 Å². The summed E-state index contributed by atoms with van der Waals surface area (Å²) in [7, 11) is 1.65. The van der Waals surface area contributed by atoms with Gasteiger partial charge in [0.05, 0.1) is 18.3 Å². The van der Waals surface area contributed by atoms with Crippen molar-refractivity contribution in [1.82, 2.24) is 24.9 Å². The molecule has 2 N–H and O–H groups in total. The van der Waals surface area contributed by atoms with E-state index in [1.807, 2.05) is 48.8 Å². The number of nitrogens with one attached hydrogen (secondary N) is 2. The third kappa shape index (κ3) is 4.87. The number of imidazole rings is 1. The molecule has 0 unspecified atom stereocenters. The van der Waals surface area contributed by atoms with Crippen molar-refractivity contribution < 1.29 is 4.79 Å². The van der Waals surface area contributed by atoms with Gasteiger partial charge in [-0.25, -0.2) is 4.98 Å². The summed E-state index contributed by atoms with van der Waals surface area (Å²) < 4.78 is 2.07. The van der Waals surface area contributed by atoms with Crippen LogP contribution in [-0.4, -0.2) is 32.5 Å². The molecule has 3 heterocycles. The van der Waals surface area contributed by atoms with Crippen molar-refractivity contribution in [2.75, 3.05) is 12.4 Å². The quantitative estimate of drug-likeness (QED) is 0.361. The number of carbonyl (C=O) groups is 1. The van der Waals surface area contributed by atoms with Crippen molar-refractivity contribution in [1.29, 1.82) is 0 Å². The van der Waals surface area contributed by atoms with E-state index in [9.17, 15) is 4.79 Å². The maximum absolute atomic E-state index is 11.7. The summed E-state index contributed by atoms with van der Waals surface area (Å²) in [6.45, 7) is 0. The SMILES string of the molecule is CNC(=O)Cc1cccc(-c2ccn3c(-c4cccc(Nc5nncs5)c4)cnc3c2)c1.Cl. The van der Waals surface area contributed by atoms with Gasteiger partial charge in [-0.15, -0.1) is 22.6 Å². The van der Waals surface area contributed by atoms with E-state index in [2.05, 4.69) is 54.5 Å². The van der Waals surface area contributed by atoms with Crippen molar-refractivity contribution in [3.05, 3.63) is 84.1 Å². The number of hydrogen-bond donors (Lipinski definition) is 2.